The van der Waals surface area contributed by atoms with Crippen LogP contribution in [0.4, 0.5) is 0 Å². The summed E-state index contributed by atoms with van der Waals surface area (Å²) in [6.45, 7) is 7.33. The van der Waals surface area contributed by atoms with Crippen molar-refractivity contribution < 1.29 is 4.79 Å². The summed E-state index contributed by atoms with van der Waals surface area (Å²) in [5, 5.41) is 0. The van der Waals surface area contributed by atoms with E-state index in [1.807, 2.05) is 4.90 Å². The van der Waals surface area contributed by atoms with E-state index < -0.39 is 0 Å². The second-order valence-corrected chi connectivity index (χ2v) is 6.17. The molecule has 104 valence electrons. The number of hydrogen-bond acceptors (Lipinski definition) is 3. The fourth-order valence-electron chi connectivity index (χ4n) is 3.53. The SMILES string of the molecule is CC(C)N1CCN(C=O)CC1C1CCC(N)CC1. The zero-order chi connectivity index (χ0) is 13.1. The molecule has 1 aliphatic carbocycles. The normalized spacial score (nSPS) is 34.9. The van der Waals surface area contributed by atoms with Gasteiger partial charge in [-0.05, 0) is 45.4 Å². The highest BCUT2D eigenvalue weighted by molar-refractivity contribution is 5.47. The van der Waals surface area contributed by atoms with Gasteiger partial charge in [0.2, 0.25) is 6.41 Å². The zero-order valence-corrected chi connectivity index (χ0v) is 11.7. The van der Waals surface area contributed by atoms with Crippen LogP contribution in [0, 0.1) is 5.92 Å². The van der Waals surface area contributed by atoms with Crippen LogP contribution in [-0.4, -0.2) is 54.0 Å². The first-order chi connectivity index (χ1) is 8.61. The smallest absolute Gasteiger partial charge is 0.209 e. The van der Waals surface area contributed by atoms with Gasteiger partial charge in [-0.15, -0.1) is 0 Å². The molecule has 4 heteroatoms. The number of carbonyl (C=O) groups is 1. The quantitative estimate of drug-likeness (QED) is 0.765. The maximum Gasteiger partial charge on any atom is 0.209 e. The minimum Gasteiger partial charge on any atom is -0.342 e. The van der Waals surface area contributed by atoms with Gasteiger partial charge in [-0.3, -0.25) is 9.69 Å². The first-order valence-electron chi connectivity index (χ1n) is 7.32. The first-order valence-corrected chi connectivity index (χ1v) is 7.32. The predicted octanol–water partition coefficient (Wildman–Crippen LogP) is 1.05. The highest BCUT2D eigenvalue weighted by Gasteiger charge is 2.35. The topological polar surface area (TPSA) is 49.6 Å². The van der Waals surface area contributed by atoms with Crippen LogP contribution >= 0.6 is 0 Å². The van der Waals surface area contributed by atoms with Gasteiger partial charge in [0.1, 0.15) is 0 Å². The molecule has 1 saturated carbocycles. The summed E-state index contributed by atoms with van der Waals surface area (Å²) in [6, 6.07) is 1.51. The Morgan fingerprint density at radius 3 is 2.39 bits per heavy atom. The Kier molecular flexibility index (Phi) is 4.62. The van der Waals surface area contributed by atoms with Crippen molar-refractivity contribution in [2.45, 2.75) is 57.7 Å². The van der Waals surface area contributed by atoms with Crippen molar-refractivity contribution in [1.29, 1.82) is 0 Å². The summed E-state index contributed by atoms with van der Waals surface area (Å²) < 4.78 is 0. The molecule has 2 aliphatic rings. The predicted molar refractivity (Wildman–Crippen MR) is 73.2 cm³/mol. The molecule has 0 bridgehead atoms. The van der Waals surface area contributed by atoms with Crippen molar-refractivity contribution in [2.75, 3.05) is 19.6 Å². The number of nitrogens with zero attached hydrogens (tertiary/aromatic N) is 2. The summed E-state index contributed by atoms with van der Waals surface area (Å²) in [7, 11) is 0. The molecule has 1 saturated heterocycles. The maximum atomic E-state index is 11.0. The standard InChI is InChI=1S/C14H27N3O/c1-11(2)17-8-7-16(10-18)9-14(17)12-3-5-13(15)6-4-12/h10-14H,3-9,15H2,1-2H3. The molecular formula is C14H27N3O. The third kappa shape index (κ3) is 3.04. The molecular weight excluding hydrogens is 226 g/mol. The molecule has 2 rings (SSSR count). The average molecular weight is 253 g/mol. The molecule has 2 fully saturated rings. The van der Waals surface area contributed by atoms with Crippen molar-refractivity contribution in [3.63, 3.8) is 0 Å². The molecule has 4 nitrogen and oxygen atoms in total. The molecule has 1 atom stereocenters. The molecule has 1 aliphatic heterocycles. The summed E-state index contributed by atoms with van der Waals surface area (Å²) >= 11 is 0. The highest BCUT2D eigenvalue weighted by atomic mass is 16.1. The van der Waals surface area contributed by atoms with Crippen LogP contribution in [0.1, 0.15) is 39.5 Å². The minimum atomic E-state index is 0.402. The number of rotatable bonds is 3. The van der Waals surface area contributed by atoms with E-state index in [1.165, 1.54) is 12.8 Å². The van der Waals surface area contributed by atoms with E-state index in [2.05, 4.69) is 18.7 Å². The summed E-state index contributed by atoms with van der Waals surface area (Å²) in [4.78, 5) is 15.5. The van der Waals surface area contributed by atoms with E-state index in [0.29, 0.717) is 18.1 Å². The number of piperazine rings is 1. The number of hydrogen-bond donors (Lipinski definition) is 1. The lowest BCUT2D eigenvalue weighted by Gasteiger charge is -2.47. The fourth-order valence-corrected chi connectivity index (χ4v) is 3.53. The van der Waals surface area contributed by atoms with Gasteiger partial charge in [0.05, 0.1) is 0 Å². The highest BCUT2D eigenvalue weighted by Crippen LogP contribution is 2.31. The molecule has 2 N–H and O–H groups in total. The van der Waals surface area contributed by atoms with Crippen molar-refractivity contribution in [1.82, 2.24) is 9.80 Å². The van der Waals surface area contributed by atoms with Crippen LogP contribution in [-0.2, 0) is 4.79 Å². The lowest BCUT2D eigenvalue weighted by molar-refractivity contribution is -0.122. The van der Waals surface area contributed by atoms with Gasteiger partial charge in [0.15, 0.2) is 0 Å². The van der Waals surface area contributed by atoms with Gasteiger partial charge >= 0.3 is 0 Å². The van der Waals surface area contributed by atoms with Crippen molar-refractivity contribution in [3.8, 4) is 0 Å². The van der Waals surface area contributed by atoms with Crippen LogP contribution < -0.4 is 5.73 Å². The molecule has 0 aromatic carbocycles. The van der Waals surface area contributed by atoms with E-state index in [0.717, 1.165) is 44.8 Å². The van der Waals surface area contributed by atoms with E-state index in [4.69, 9.17) is 5.73 Å². The first kappa shape index (κ1) is 13.8. The van der Waals surface area contributed by atoms with Crippen LogP contribution in [0.5, 0.6) is 0 Å². The Balaban J connectivity index is 2.02. The van der Waals surface area contributed by atoms with E-state index in [-0.39, 0.29) is 0 Å². The van der Waals surface area contributed by atoms with Crippen molar-refractivity contribution in [2.24, 2.45) is 11.7 Å². The average Bonchev–Trinajstić information content (AvgIpc) is 2.38. The molecule has 0 aromatic heterocycles. The van der Waals surface area contributed by atoms with Gasteiger partial charge in [0, 0.05) is 37.8 Å². The third-order valence-corrected chi connectivity index (χ3v) is 4.67. The lowest BCUT2D eigenvalue weighted by atomic mass is 9.80. The Bertz CT molecular complexity index is 274. The number of nitrogens with two attached hydrogens (primary N) is 1. The van der Waals surface area contributed by atoms with Gasteiger partial charge in [-0.25, -0.2) is 0 Å². The fraction of sp³-hybridized carbons (Fsp3) is 0.929. The van der Waals surface area contributed by atoms with E-state index >= 15 is 0 Å². The largest absolute Gasteiger partial charge is 0.342 e. The monoisotopic (exact) mass is 253 g/mol. The molecule has 0 spiro atoms. The van der Waals surface area contributed by atoms with Crippen molar-refractivity contribution in [3.05, 3.63) is 0 Å². The second-order valence-electron chi connectivity index (χ2n) is 6.17. The molecule has 18 heavy (non-hydrogen) atoms. The maximum absolute atomic E-state index is 11.0. The van der Waals surface area contributed by atoms with E-state index in [1.54, 1.807) is 0 Å². The van der Waals surface area contributed by atoms with E-state index in [9.17, 15) is 4.79 Å². The Labute approximate surface area is 110 Å². The number of amides is 1. The van der Waals surface area contributed by atoms with Crippen LogP contribution in [0.25, 0.3) is 0 Å². The van der Waals surface area contributed by atoms with Crippen LogP contribution in [0.2, 0.25) is 0 Å². The second kappa shape index (κ2) is 6.02. The van der Waals surface area contributed by atoms with Gasteiger partial charge in [-0.1, -0.05) is 0 Å². The molecule has 1 heterocycles. The van der Waals surface area contributed by atoms with Gasteiger partial charge in [-0.2, -0.15) is 0 Å². The van der Waals surface area contributed by atoms with Gasteiger partial charge in [0.25, 0.3) is 0 Å². The Morgan fingerprint density at radius 1 is 1.17 bits per heavy atom. The van der Waals surface area contributed by atoms with Gasteiger partial charge < -0.3 is 10.6 Å². The minimum absolute atomic E-state index is 0.402. The Hall–Kier alpha value is -0.610. The van der Waals surface area contributed by atoms with Crippen LogP contribution in [0.3, 0.4) is 0 Å². The van der Waals surface area contributed by atoms with Crippen molar-refractivity contribution >= 4 is 6.41 Å². The molecule has 0 aromatic rings. The molecule has 1 amide bonds. The summed E-state index contributed by atoms with van der Waals surface area (Å²) in [5.74, 6) is 0.718. The zero-order valence-electron chi connectivity index (χ0n) is 11.7. The molecule has 1 unspecified atom stereocenters. The lowest BCUT2D eigenvalue weighted by Crippen LogP contribution is -2.58. The summed E-state index contributed by atoms with van der Waals surface area (Å²) in [5.41, 5.74) is 5.99. The summed E-state index contributed by atoms with van der Waals surface area (Å²) in [6.07, 6.45) is 5.76. The number of carbonyl (C=O) groups excluding carboxylic acids is 1. The molecule has 0 radical (unpaired) electrons. The van der Waals surface area contributed by atoms with Crippen LogP contribution in [0.15, 0.2) is 0 Å². The third-order valence-electron chi connectivity index (χ3n) is 4.67. The Morgan fingerprint density at radius 2 is 1.83 bits per heavy atom.